The molecular formula is C26H29N. The van der Waals surface area contributed by atoms with Crippen molar-refractivity contribution in [3.63, 3.8) is 0 Å². The van der Waals surface area contributed by atoms with Crippen molar-refractivity contribution in [1.82, 2.24) is 4.57 Å². The normalized spacial score (nSPS) is 11.5. The minimum absolute atomic E-state index is 0.994. The summed E-state index contributed by atoms with van der Waals surface area (Å²) in [5.41, 5.74) is 7.08. The maximum Gasteiger partial charge on any atom is 0.0485 e. The number of unbranched alkanes of at least 4 members (excludes halogenated alkanes) is 2. The summed E-state index contributed by atoms with van der Waals surface area (Å²) in [6.07, 6.45) is 4.81. The lowest BCUT2D eigenvalue weighted by molar-refractivity contribution is 0.605. The second-order valence-electron chi connectivity index (χ2n) is 7.70. The fourth-order valence-corrected chi connectivity index (χ4v) is 4.39. The highest BCUT2D eigenvalue weighted by atomic mass is 15.0. The van der Waals surface area contributed by atoms with Crippen LogP contribution in [0.3, 0.4) is 0 Å². The lowest BCUT2D eigenvalue weighted by atomic mass is 9.95. The van der Waals surface area contributed by atoms with Crippen molar-refractivity contribution in [2.75, 3.05) is 0 Å². The highest BCUT2D eigenvalue weighted by Crippen LogP contribution is 2.31. The average molecular weight is 356 g/mol. The molecule has 138 valence electrons. The molecular weight excluding hydrogens is 326 g/mol. The van der Waals surface area contributed by atoms with E-state index < -0.39 is 0 Å². The molecule has 0 unspecified atom stereocenters. The van der Waals surface area contributed by atoms with Crippen LogP contribution in [0.4, 0.5) is 0 Å². The van der Waals surface area contributed by atoms with Gasteiger partial charge < -0.3 is 4.57 Å². The molecule has 0 saturated carbocycles. The van der Waals surface area contributed by atoms with Crippen LogP contribution >= 0.6 is 0 Å². The number of fused-ring (bicyclic) bond motifs is 2. The van der Waals surface area contributed by atoms with E-state index in [1.165, 1.54) is 63.3 Å². The molecule has 0 fully saturated rings. The van der Waals surface area contributed by atoms with Crippen molar-refractivity contribution in [2.45, 2.75) is 53.0 Å². The zero-order valence-corrected chi connectivity index (χ0v) is 16.8. The van der Waals surface area contributed by atoms with Gasteiger partial charge in [-0.2, -0.15) is 0 Å². The highest BCUT2D eigenvalue weighted by molar-refractivity contribution is 5.90. The Balaban J connectivity index is 1.81. The first-order valence-electron chi connectivity index (χ1n) is 10.2. The molecule has 3 aromatic carbocycles. The summed E-state index contributed by atoms with van der Waals surface area (Å²) in [5.74, 6) is 0. The van der Waals surface area contributed by atoms with Gasteiger partial charge in [-0.1, -0.05) is 74.4 Å². The van der Waals surface area contributed by atoms with Gasteiger partial charge in [0.05, 0.1) is 0 Å². The van der Waals surface area contributed by atoms with Gasteiger partial charge >= 0.3 is 0 Å². The zero-order chi connectivity index (χ0) is 18.8. The maximum atomic E-state index is 2.54. The van der Waals surface area contributed by atoms with Gasteiger partial charge in [0, 0.05) is 29.6 Å². The molecule has 0 aliphatic heterocycles. The number of aromatic nitrogens is 1. The van der Waals surface area contributed by atoms with Crippen molar-refractivity contribution in [3.8, 4) is 0 Å². The van der Waals surface area contributed by atoms with E-state index in [0.717, 1.165) is 13.0 Å². The Morgan fingerprint density at radius 2 is 1.44 bits per heavy atom. The molecule has 1 heteroatoms. The van der Waals surface area contributed by atoms with Crippen LogP contribution in [0.15, 0.2) is 60.7 Å². The van der Waals surface area contributed by atoms with Crippen LogP contribution in [-0.2, 0) is 13.0 Å². The van der Waals surface area contributed by atoms with Gasteiger partial charge in [-0.05, 0) is 53.8 Å². The lowest BCUT2D eigenvalue weighted by Crippen LogP contribution is -2.01. The van der Waals surface area contributed by atoms with Crippen LogP contribution in [-0.4, -0.2) is 4.57 Å². The van der Waals surface area contributed by atoms with Gasteiger partial charge in [0.2, 0.25) is 0 Å². The molecule has 4 rings (SSSR count). The Morgan fingerprint density at radius 1 is 0.741 bits per heavy atom. The van der Waals surface area contributed by atoms with E-state index in [9.17, 15) is 0 Å². The second kappa shape index (κ2) is 7.60. The summed E-state index contributed by atoms with van der Waals surface area (Å²) in [7, 11) is 0. The molecule has 0 N–H and O–H groups in total. The topological polar surface area (TPSA) is 4.93 Å². The summed E-state index contributed by atoms with van der Waals surface area (Å²) in [6, 6.07) is 22.3. The van der Waals surface area contributed by atoms with Gasteiger partial charge in [-0.15, -0.1) is 0 Å². The first-order chi connectivity index (χ1) is 13.2. The number of nitrogens with zero attached hydrogens (tertiary/aromatic N) is 1. The Hall–Kier alpha value is -2.54. The first kappa shape index (κ1) is 17.9. The van der Waals surface area contributed by atoms with Crippen LogP contribution in [0.25, 0.3) is 21.7 Å². The molecule has 0 aliphatic carbocycles. The monoisotopic (exact) mass is 355 g/mol. The third-order valence-corrected chi connectivity index (χ3v) is 5.95. The van der Waals surface area contributed by atoms with Crippen molar-refractivity contribution in [1.29, 1.82) is 0 Å². The van der Waals surface area contributed by atoms with Crippen LogP contribution in [0.1, 0.15) is 48.6 Å². The van der Waals surface area contributed by atoms with Gasteiger partial charge in [0.15, 0.2) is 0 Å². The molecule has 0 atom stereocenters. The van der Waals surface area contributed by atoms with E-state index >= 15 is 0 Å². The summed E-state index contributed by atoms with van der Waals surface area (Å²) in [4.78, 5) is 0. The Kier molecular flexibility index (Phi) is 5.03. The molecule has 0 radical (unpaired) electrons. The Bertz CT molecular complexity index is 1080. The molecule has 0 amide bonds. The molecule has 0 saturated heterocycles. The molecule has 0 bridgehead atoms. The van der Waals surface area contributed by atoms with E-state index in [4.69, 9.17) is 0 Å². The molecule has 0 spiro atoms. The molecule has 1 heterocycles. The average Bonchev–Trinajstić information content (AvgIpc) is 2.96. The van der Waals surface area contributed by atoms with Gasteiger partial charge in [0.1, 0.15) is 0 Å². The van der Waals surface area contributed by atoms with Gasteiger partial charge in [0.25, 0.3) is 0 Å². The van der Waals surface area contributed by atoms with E-state index in [1.54, 1.807) is 0 Å². The molecule has 4 aromatic rings. The van der Waals surface area contributed by atoms with E-state index in [-0.39, 0.29) is 0 Å². The van der Waals surface area contributed by atoms with Crippen molar-refractivity contribution >= 4 is 21.7 Å². The number of para-hydroxylation sites is 1. The zero-order valence-electron chi connectivity index (χ0n) is 16.8. The number of hydrogen-bond acceptors (Lipinski definition) is 0. The van der Waals surface area contributed by atoms with Crippen molar-refractivity contribution in [3.05, 3.63) is 83.0 Å². The van der Waals surface area contributed by atoms with Crippen LogP contribution in [0, 0.1) is 13.8 Å². The first-order valence-corrected chi connectivity index (χ1v) is 10.2. The third-order valence-electron chi connectivity index (χ3n) is 5.95. The third kappa shape index (κ3) is 3.27. The van der Waals surface area contributed by atoms with Crippen molar-refractivity contribution in [2.24, 2.45) is 0 Å². The minimum Gasteiger partial charge on any atom is -0.345 e. The molecule has 1 aromatic heterocycles. The van der Waals surface area contributed by atoms with Crippen LogP contribution in [0.2, 0.25) is 0 Å². The van der Waals surface area contributed by atoms with Gasteiger partial charge in [-0.3, -0.25) is 0 Å². The largest absolute Gasteiger partial charge is 0.345 e. The Morgan fingerprint density at radius 3 is 2.22 bits per heavy atom. The highest BCUT2D eigenvalue weighted by Gasteiger charge is 2.15. The number of hydrogen-bond donors (Lipinski definition) is 0. The molecule has 1 nitrogen and oxygen atoms in total. The quantitative estimate of drug-likeness (QED) is 0.322. The van der Waals surface area contributed by atoms with E-state index in [0.29, 0.717) is 0 Å². The summed E-state index contributed by atoms with van der Waals surface area (Å²) < 4.78 is 2.54. The SMILES string of the molecule is CCCCCn1c(C)c(Cc2ccc(C)c3ccccc23)c2ccccc21. The van der Waals surface area contributed by atoms with Gasteiger partial charge in [-0.25, -0.2) is 0 Å². The summed E-state index contributed by atoms with van der Waals surface area (Å²) in [5, 5.41) is 4.18. The minimum atomic E-state index is 0.994. The number of rotatable bonds is 6. The second-order valence-corrected chi connectivity index (χ2v) is 7.70. The van der Waals surface area contributed by atoms with Crippen LogP contribution < -0.4 is 0 Å². The maximum absolute atomic E-state index is 2.54. The fourth-order valence-electron chi connectivity index (χ4n) is 4.39. The lowest BCUT2D eigenvalue weighted by Gasteiger charge is -2.11. The Labute approximate surface area is 162 Å². The summed E-state index contributed by atoms with van der Waals surface area (Å²) in [6.45, 7) is 7.90. The standard InChI is InChI=1S/C26H29N/c1-4-5-10-17-27-20(3)25(24-13-8-9-14-26(24)27)18-21-16-15-19(2)22-11-6-7-12-23(21)22/h6-9,11-16H,4-5,10,17-18H2,1-3H3. The van der Waals surface area contributed by atoms with E-state index in [2.05, 4.69) is 86.0 Å². The molecule has 0 aliphatic rings. The smallest absolute Gasteiger partial charge is 0.0485 e. The van der Waals surface area contributed by atoms with Crippen LogP contribution in [0.5, 0.6) is 0 Å². The predicted octanol–water partition coefficient (Wildman–Crippen LogP) is 7.19. The predicted molar refractivity (Wildman–Crippen MR) is 118 cm³/mol. The number of benzene rings is 3. The number of aryl methyl sites for hydroxylation is 2. The van der Waals surface area contributed by atoms with E-state index in [1.807, 2.05) is 0 Å². The molecule has 27 heavy (non-hydrogen) atoms. The fraction of sp³-hybridized carbons (Fsp3) is 0.308. The summed E-state index contributed by atoms with van der Waals surface area (Å²) >= 11 is 0. The van der Waals surface area contributed by atoms with Crippen molar-refractivity contribution < 1.29 is 0 Å².